The minimum Gasteiger partial charge on any atom is -0.455 e. The molecule has 0 radical (unpaired) electrons. The highest BCUT2D eigenvalue weighted by atomic mass is 16.7. The molecule has 3 heterocycles. The molecular weight excluding hydrogens is 634 g/mol. The van der Waals surface area contributed by atoms with E-state index in [0.717, 1.165) is 25.7 Å². The average Bonchev–Trinajstić information content (AvgIpc) is 3.97. The van der Waals surface area contributed by atoms with E-state index in [-0.39, 0.29) is 76.8 Å². The number of hydrogen-bond acceptors (Lipinski definition) is 8. The third kappa shape index (κ3) is 4.60. The van der Waals surface area contributed by atoms with Crippen molar-refractivity contribution in [3.8, 4) is 0 Å². The van der Waals surface area contributed by atoms with Crippen molar-refractivity contribution in [2.75, 3.05) is 26.3 Å². The Morgan fingerprint density at radius 1 is 0.960 bits per heavy atom. The lowest BCUT2D eigenvalue weighted by Crippen LogP contribution is -2.60. The van der Waals surface area contributed by atoms with E-state index in [1.807, 2.05) is 18.7 Å². The van der Waals surface area contributed by atoms with E-state index in [1.54, 1.807) is 0 Å². The summed E-state index contributed by atoms with van der Waals surface area (Å²) >= 11 is 0. The number of amides is 1. The van der Waals surface area contributed by atoms with Gasteiger partial charge in [0.15, 0.2) is 6.29 Å². The maximum atomic E-state index is 12.9. The van der Waals surface area contributed by atoms with Gasteiger partial charge in [-0.1, -0.05) is 34.6 Å². The zero-order chi connectivity index (χ0) is 35.2. The van der Waals surface area contributed by atoms with Gasteiger partial charge in [0.2, 0.25) is 5.91 Å². The highest BCUT2D eigenvalue weighted by Gasteiger charge is 2.84. The zero-order valence-corrected chi connectivity index (χ0v) is 31.7. The smallest absolute Gasteiger partial charge is 0.332 e. The van der Waals surface area contributed by atoms with Crippen LogP contribution in [0, 0.1) is 56.7 Å². The minimum absolute atomic E-state index is 0.00140. The summed E-state index contributed by atoms with van der Waals surface area (Å²) in [6, 6.07) is 0. The summed E-state index contributed by atoms with van der Waals surface area (Å²) in [5.41, 5.74) is -0.459. The van der Waals surface area contributed by atoms with E-state index in [4.69, 9.17) is 23.7 Å². The lowest BCUT2D eigenvalue weighted by Gasteiger charge is -2.64. The third-order valence-electron chi connectivity index (χ3n) is 17.4. The van der Waals surface area contributed by atoms with Gasteiger partial charge in [0.1, 0.15) is 18.3 Å². The molecule has 2 spiro atoms. The summed E-state index contributed by atoms with van der Waals surface area (Å²) in [6.07, 6.45) is 10.5. The van der Waals surface area contributed by atoms with Gasteiger partial charge >= 0.3 is 5.97 Å². The van der Waals surface area contributed by atoms with E-state index < -0.39 is 11.7 Å². The Hall–Kier alpha value is -1.26. The van der Waals surface area contributed by atoms with Crippen LogP contribution in [0.3, 0.4) is 0 Å². The summed E-state index contributed by atoms with van der Waals surface area (Å²) in [6.45, 7) is 17.8. The van der Waals surface area contributed by atoms with Crippen molar-refractivity contribution >= 4 is 11.9 Å². The fourth-order valence-corrected chi connectivity index (χ4v) is 14.9. The molecule has 9 heteroatoms. The number of morpholine rings is 1. The standard InChI is InChI=1S/C41H63NO8/c1-23-18-25(35-37(4,5)50-30(44)21-47-35)48-33-32(23)38(6)14-15-41-22-40(41)13-12-28(36(2,3)26(40)10-11-27(41)39(38,7)34(33)45)49-31-20-42(16-17-46-31)29(43)19-24-8-9-24/h23-28,31-35,45H,8-22H2,1-7H3/t23-,25?,26+,27?,28?,31+,32+,33?,34+,35+,38-,39-,40-,41+/m1/s1. The van der Waals surface area contributed by atoms with Crippen LogP contribution in [0.2, 0.25) is 0 Å². The average molecular weight is 698 g/mol. The highest BCUT2D eigenvalue weighted by Crippen LogP contribution is 2.89. The fraction of sp³-hybridized carbons (Fsp3) is 0.951. The van der Waals surface area contributed by atoms with Crippen LogP contribution in [0.15, 0.2) is 0 Å². The lowest BCUT2D eigenvalue weighted by molar-refractivity contribution is -0.248. The molecule has 3 saturated heterocycles. The van der Waals surface area contributed by atoms with Crippen molar-refractivity contribution in [2.24, 2.45) is 56.7 Å². The summed E-state index contributed by atoms with van der Waals surface area (Å²) in [4.78, 5) is 27.0. The number of ether oxygens (including phenoxy) is 5. The first-order valence-corrected chi connectivity index (χ1v) is 20.3. The Morgan fingerprint density at radius 3 is 2.44 bits per heavy atom. The number of hydrogen-bond donors (Lipinski definition) is 1. The van der Waals surface area contributed by atoms with Crippen molar-refractivity contribution in [1.82, 2.24) is 4.90 Å². The molecule has 14 atom stereocenters. The second kappa shape index (κ2) is 11.1. The van der Waals surface area contributed by atoms with Crippen molar-refractivity contribution in [3.63, 3.8) is 0 Å². The van der Waals surface area contributed by atoms with Gasteiger partial charge in [-0.05, 0) is 129 Å². The van der Waals surface area contributed by atoms with Crippen LogP contribution in [0.5, 0.6) is 0 Å². The van der Waals surface area contributed by atoms with Crippen LogP contribution in [0.1, 0.15) is 119 Å². The first-order valence-electron chi connectivity index (χ1n) is 20.3. The molecule has 6 saturated carbocycles. The maximum absolute atomic E-state index is 12.9. The summed E-state index contributed by atoms with van der Waals surface area (Å²) in [5, 5.41) is 12.6. The van der Waals surface area contributed by atoms with Crippen LogP contribution >= 0.6 is 0 Å². The first-order chi connectivity index (χ1) is 23.6. The van der Waals surface area contributed by atoms with Crippen molar-refractivity contribution in [1.29, 1.82) is 0 Å². The third-order valence-corrected chi connectivity index (χ3v) is 17.4. The molecule has 9 fully saturated rings. The molecule has 6 aliphatic carbocycles. The number of carbonyl (C=O) groups excluding carboxylic acids is 2. The molecule has 4 unspecified atom stereocenters. The number of aliphatic hydroxyl groups is 1. The van der Waals surface area contributed by atoms with Crippen LogP contribution in [0.25, 0.3) is 0 Å². The molecule has 9 rings (SSSR count). The summed E-state index contributed by atoms with van der Waals surface area (Å²) in [7, 11) is 0. The molecule has 9 aliphatic rings. The number of aliphatic hydroxyl groups excluding tert-OH is 1. The molecule has 0 aromatic carbocycles. The quantitative estimate of drug-likeness (QED) is 0.355. The van der Waals surface area contributed by atoms with E-state index >= 15 is 0 Å². The van der Waals surface area contributed by atoms with Gasteiger partial charge in [0.05, 0.1) is 37.6 Å². The molecule has 0 bridgehead atoms. The predicted molar refractivity (Wildman–Crippen MR) is 185 cm³/mol. The van der Waals surface area contributed by atoms with E-state index in [1.165, 1.54) is 38.5 Å². The Bertz CT molecular complexity index is 1410. The van der Waals surface area contributed by atoms with Gasteiger partial charge in [0.25, 0.3) is 0 Å². The molecule has 0 aromatic rings. The Kier molecular flexibility index (Phi) is 7.69. The second-order valence-electron chi connectivity index (χ2n) is 20.3. The molecular formula is C41H63NO8. The van der Waals surface area contributed by atoms with Crippen molar-refractivity contribution < 1.29 is 38.4 Å². The number of cyclic esters (lactones) is 1. The largest absolute Gasteiger partial charge is 0.455 e. The molecule has 50 heavy (non-hydrogen) atoms. The van der Waals surface area contributed by atoms with Crippen molar-refractivity contribution in [2.45, 2.75) is 162 Å². The lowest BCUT2D eigenvalue weighted by atomic mass is 9.41. The number of carbonyl (C=O) groups is 2. The molecule has 1 amide bonds. The van der Waals surface area contributed by atoms with Crippen LogP contribution < -0.4 is 0 Å². The molecule has 1 N–H and O–H groups in total. The van der Waals surface area contributed by atoms with Crippen molar-refractivity contribution in [3.05, 3.63) is 0 Å². The number of esters is 1. The van der Waals surface area contributed by atoms with Crippen LogP contribution in [0.4, 0.5) is 0 Å². The van der Waals surface area contributed by atoms with Crippen LogP contribution in [-0.4, -0.2) is 90.6 Å². The Morgan fingerprint density at radius 2 is 1.70 bits per heavy atom. The Labute approximate surface area is 299 Å². The molecule has 3 aliphatic heterocycles. The van der Waals surface area contributed by atoms with Gasteiger partial charge < -0.3 is 33.7 Å². The molecule has 0 aromatic heterocycles. The summed E-state index contributed by atoms with van der Waals surface area (Å²) in [5.74, 6) is 2.21. The Balaban J connectivity index is 0.931. The van der Waals surface area contributed by atoms with Gasteiger partial charge in [-0.15, -0.1) is 0 Å². The van der Waals surface area contributed by atoms with Gasteiger partial charge in [-0.25, -0.2) is 4.79 Å². The number of nitrogens with zero attached hydrogens (tertiary/aromatic N) is 1. The molecule has 9 nitrogen and oxygen atoms in total. The maximum Gasteiger partial charge on any atom is 0.332 e. The van der Waals surface area contributed by atoms with E-state index in [2.05, 4.69) is 34.6 Å². The zero-order valence-electron chi connectivity index (χ0n) is 31.7. The second-order valence-corrected chi connectivity index (χ2v) is 20.3. The monoisotopic (exact) mass is 697 g/mol. The highest BCUT2D eigenvalue weighted by molar-refractivity contribution is 5.76. The predicted octanol–water partition coefficient (Wildman–Crippen LogP) is 5.89. The SMILES string of the molecule is C[C@@H]1CC([C@@H]2OCC(=O)OC2(C)C)OC2[C@H]1[C@@]1(C)CC[C@@]34C[C@@]35CCC(O[C@H]3CN(C(=O)CC6CC6)CCO3)C(C)(C)[C@@H]5CCC4[C@]1(C)[C@H]2O. The fourth-order valence-electron chi connectivity index (χ4n) is 14.9. The number of rotatable bonds is 5. The van der Waals surface area contributed by atoms with Gasteiger partial charge in [-0.3, -0.25) is 4.79 Å². The number of fused-ring (bicyclic) bond motifs is 4. The normalized spacial score (nSPS) is 53.2. The topological polar surface area (TPSA) is 104 Å². The molecule has 280 valence electrons. The van der Waals surface area contributed by atoms with Crippen LogP contribution in [-0.2, 0) is 33.3 Å². The minimum atomic E-state index is -0.773. The van der Waals surface area contributed by atoms with E-state index in [9.17, 15) is 14.7 Å². The van der Waals surface area contributed by atoms with Gasteiger partial charge in [0, 0.05) is 18.4 Å². The van der Waals surface area contributed by atoms with Gasteiger partial charge in [-0.2, -0.15) is 0 Å². The first kappa shape index (κ1) is 34.5. The summed E-state index contributed by atoms with van der Waals surface area (Å²) < 4.78 is 31.9. The van der Waals surface area contributed by atoms with E-state index in [0.29, 0.717) is 55.2 Å².